The van der Waals surface area contributed by atoms with Crippen LogP contribution in [0.5, 0.6) is 5.75 Å². The van der Waals surface area contributed by atoms with E-state index in [0.29, 0.717) is 10.2 Å². The fraction of sp³-hybridized carbons (Fsp3) is 0. The lowest BCUT2D eigenvalue weighted by Gasteiger charge is -1.97. The summed E-state index contributed by atoms with van der Waals surface area (Å²) < 4.78 is 16.3. The molecule has 0 fully saturated rings. The van der Waals surface area contributed by atoms with Crippen LogP contribution in [0, 0.1) is 0 Å². The van der Waals surface area contributed by atoms with Gasteiger partial charge in [-0.25, -0.2) is 4.52 Å². The summed E-state index contributed by atoms with van der Waals surface area (Å²) in [7, 11) is -2.61. The van der Waals surface area contributed by atoms with Gasteiger partial charge in [0, 0.05) is 9.04 Å². The molecule has 1 aromatic rings. The number of benzene rings is 1. The topological polar surface area (TPSA) is 46.5 Å². The van der Waals surface area contributed by atoms with Gasteiger partial charge in [0.05, 0.1) is 4.47 Å². The zero-order chi connectivity index (χ0) is 9.14. The van der Waals surface area contributed by atoms with Gasteiger partial charge in [0.15, 0.2) is 0 Å². The molecule has 3 nitrogen and oxygen atoms in total. The summed E-state index contributed by atoms with van der Waals surface area (Å²) in [5, 5.41) is 0. The molecule has 0 heterocycles. The van der Waals surface area contributed by atoms with E-state index in [2.05, 4.69) is 36.4 Å². The second-order valence-electron chi connectivity index (χ2n) is 1.88. The standard InChI is InChI=1S/C6H3Br2O3P/c7-4-2-1-3-5(6(4)8)11-12(9)10/h1-3H/p+1. The Kier molecular flexibility index (Phi) is 3.65. The van der Waals surface area contributed by atoms with Gasteiger partial charge in [-0.15, -0.1) is 4.89 Å². The Balaban J connectivity index is 3.00. The van der Waals surface area contributed by atoms with Crippen LogP contribution in [0.25, 0.3) is 0 Å². The first-order chi connectivity index (χ1) is 5.61. The molecule has 0 amide bonds. The van der Waals surface area contributed by atoms with Crippen molar-refractivity contribution in [2.75, 3.05) is 0 Å². The van der Waals surface area contributed by atoms with E-state index in [1.54, 1.807) is 18.2 Å². The van der Waals surface area contributed by atoms with E-state index in [0.717, 1.165) is 4.47 Å². The number of halogens is 2. The lowest BCUT2D eigenvalue weighted by Crippen LogP contribution is -1.81. The summed E-state index contributed by atoms with van der Waals surface area (Å²) in [6.45, 7) is 0. The Labute approximate surface area is 87.0 Å². The van der Waals surface area contributed by atoms with E-state index >= 15 is 0 Å². The molecule has 1 rings (SSSR count). The second kappa shape index (κ2) is 4.33. The molecule has 6 heteroatoms. The second-order valence-corrected chi connectivity index (χ2v) is 4.19. The third-order valence-electron chi connectivity index (χ3n) is 1.09. The molecule has 1 unspecified atom stereocenters. The van der Waals surface area contributed by atoms with E-state index in [4.69, 9.17) is 4.89 Å². The van der Waals surface area contributed by atoms with Crippen molar-refractivity contribution in [2.45, 2.75) is 0 Å². The average molecular weight is 315 g/mol. The Bertz CT molecular complexity index is 316. The molecule has 0 saturated heterocycles. The van der Waals surface area contributed by atoms with E-state index in [1.807, 2.05) is 0 Å². The molecular weight excluding hydrogens is 311 g/mol. The van der Waals surface area contributed by atoms with Crippen molar-refractivity contribution in [1.29, 1.82) is 0 Å². The van der Waals surface area contributed by atoms with Gasteiger partial charge >= 0.3 is 8.25 Å². The molecule has 0 radical (unpaired) electrons. The molecule has 0 aliphatic heterocycles. The molecular formula is C6H4Br2O3P+. The molecule has 0 aliphatic rings. The maximum absolute atomic E-state index is 10.3. The molecule has 1 aromatic carbocycles. The Hall–Kier alpha value is 0.0400. The molecule has 64 valence electrons. The summed E-state index contributed by atoms with van der Waals surface area (Å²) in [6.07, 6.45) is 0. The zero-order valence-corrected chi connectivity index (χ0v) is 9.77. The van der Waals surface area contributed by atoms with Crippen LogP contribution < -0.4 is 4.52 Å². The van der Waals surface area contributed by atoms with Crippen LogP contribution in [-0.4, -0.2) is 4.89 Å². The van der Waals surface area contributed by atoms with Crippen LogP contribution in [0.3, 0.4) is 0 Å². The lowest BCUT2D eigenvalue weighted by atomic mass is 10.3. The maximum Gasteiger partial charge on any atom is 0.747 e. The van der Waals surface area contributed by atoms with Crippen molar-refractivity contribution in [3.05, 3.63) is 27.1 Å². The molecule has 12 heavy (non-hydrogen) atoms. The van der Waals surface area contributed by atoms with E-state index in [1.165, 1.54) is 0 Å². The molecule has 0 aliphatic carbocycles. The first kappa shape index (κ1) is 10.1. The van der Waals surface area contributed by atoms with Gasteiger partial charge in [-0.2, -0.15) is 0 Å². The van der Waals surface area contributed by atoms with Gasteiger partial charge in [-0.3, -0.25) is 0 Å². The quantitative estimate of drug-likeness (QED) is 0.852. The Morgan fingerprint density at radius 3 is 2.67 bits per heavy atom. The minimum atomic E-state index is -2.61. The van der Waals surface area contributed by atoms with E-state index in [-0.39, 0.29) is 0 Å². The van der Waals surface area contributed by atoms with Crippen molar-refractivity contribution in [3.8, 4) is 5.75 Å². The van der Waals surface area contributed by atoms with Crippen molar-refractivity contribution < 1.29 is 14.0 Å². The van der Waals surface area contributed by atoms with Gasteiger partial charge in [0.25, 0.3) is 0 Å². The highest BCUT2D eigenvalue weighted by Crippen LogP contribution is 2.35. The van der Waals surface area contributed by atoms with Gasteiger partial charge in [-0.05, 0) is 44.0 Å². The van der Waals surface area contributed by atoms with Gasteiger partial charge in [0.2, 0.25) is 5.75 Å². The van der Waals surface area contributed by atoms with Crippen molar-refractivity contribution >= 4 is 40.1 Å². The Morgan fingerprint density at radius 2 is 2.08 bits per heavy atom. The maximum atomic E-state index is 10.3. The predicted molar refractivity (Wildman–Crippen MR) is 52.3 cm³/mol. The Morgan fingerprint density at radius 1 is 1.42 bits per heavy atom. The fourth-order valence-electron chi connectivity index (χ4n) is 0.639. The highest BCUT2D eigenvalue weighted by molar-refractivity contribution is 9.13. The normalized spacial score (nSPS) is 11.1. The zero-order valence-electron chi connectivity index (χ0n) is 5.70. The molecule has 1 N–H and O–H groups in total. The van der Waals surface area contributed by atoms with Crippen LogP contribution in [0.1, 0.15) is 0 Å². The van der Waals surface area contributed by atoms with E-state index < -0.39 is 8.25 Å². The average Bonchev–Trinajstić information content (AvgIpc) is 1.98. The van der Waals surface area contributed by atoms with Gasteiger partial charge < -0.3 is 0 Å². The largest absolute Gasteiger partial charge is 0.747 e. The van der Waals surface area contributed by atoms with Gasteiger partial charge in [0.1, 0.15) is 0 Å². The minimum absolute atomic E-state index is 0.341. The highest BCUT2D eigenvalue weighted by Gasteiger charge is 2.17. The number of hydrogen-bond donors (Lipinski definition) is 1. The van der Waals surface area contributed by atoms with Crippen LogP contribution >= 0.6 is 40.1 Å². The van der Waals surface area contributed by atoms with Crippen molar-refractivity contribution in [2.24, 2.45) is 0 Å². The number of rotatable bonds is 2. The summed E-state index contributed by atoms with van der Waals surface area (Å²) in [6, 6.07) is 5.10. The smallest absolute Gasteiger partial charge is 0.228 e. The van der Waals surface area contributed by atoms with E-state index in [9.17, 15) is 4.57 Å². The third kappa shape index (κ3) is 2.52. The third-order valence-corrected chi connectivity index (χ3v) is 3.46. The summed E-state index contributed by atoms with van der Waals surface area (Å²) in [5.41, 5.74) is 0. The molecule has 1 atom stereocenters. The van der Waals surface area contributed by atoms with Crippen LogP contribution in [0.15, 0.2) is 27.1 Å². The van der Waals surface area contributed by atoms with Crippen LogP contribution in [-0.2, 0) is 4.57 Å². The molecule has 0 spiro atoms. The summed E-state index contributed by atoms with van der Waals surface area (Å²) in [5.74, 6) is 0.341. The monoisotopic (exact) mass is 313 g/mol. The summed E-state index contributed by atoms with van der Waals surface area (Å²) in [4.78, 5) is 8.47. The minimum Gasteiger partial charge on any atom is -0.228 e. The van der Waals surface area contributed by atoms with Crippen molar-refractivity contribution in [1.82, 2.24) is 0 Å². The highest BCUT2D eigenvalue weighted by atomic mass is 79.9. The predicted octanol–water partition coefficient (Wildman–Crippen LogP) is 3.24. The fourth-order valence-corrected chi connectivity index (χ4v) is 1.78. The molecule has 0 aromatic heterocycles. The SMILES string of the molecule is O=[P+](O)Oc1cccc(Br)c1Br. The molecule has 0 bridgehead atoms. The van der Waals surface area contributed by atoms with Gasteiger partial charge in [-0.1, -0.05) is 6.07 Å². The number of hydrogen-bond acceptors (Lipinski definition) is 2. The summed E-state index contributed by atoms with van der Waals surface area (Å²) >= 11 is 6.43. The van der Waals surface area contributed by atoms with Crippen molar-refractivity contribution in [3.63, 3.8) is 0 Å². The van der Waals surface area contributed by atoms with Crippen LogP contribution in [0.4, 0.5) is 0 Å². The molecule has 0 saturated carbocycles. The first-order valence-electron chi connectivity index (χ1n) is 2.89. The first-order valence-corrected chi connectivity index (χ1v) is 5.61. The van der Waals surface area contributed by atoms with Crippen LogP contribution in [0.2, 0.25) is 0 Å². The lowest BCUT2D eigenvalue weighted by molar-refractivity contribution is 0.409.